The van der Waals surface area contributed by atoms with Gasteiger partial charge in [-0.3, -0.25) is 0 Å². The summed E-state index contributed by atoms with van der Waals surface area (Å²) in [6, 6.07) is 2.10. The van der Waals surface area contributed by atoms with Gasteiger partial charge in [0.2, 0.25) is 0 Å². The second-order valence-corrected chi connectivity index (χ2v) is 6.83. The molecule has 1 aliphatic heterocycles. The molecule has 2 atom stereocenters. The Morgan fingerprint density at radius 1 is 1.33 bits per heavy atom. The fraction of sp³-hybridized carbons (Fsp3) is 0.765. The van der Waals surface area contributed by atoms with E-state index in [2.05, 4.69) is 29.8 Å². The van der Waals surface area contributed by atoms with E-state index in [1.807, 2.05) is 0 Å². The van der Waals surface area contributed by atoms with Crippen LogP contribution in [-0.2, 0) is 6.42 Å². The molecule has 21 heavy (non-hydrogen) atoms. The monoisotopic (exact) mass is 289 g/mol. The predicted molar refractivity (Wildman–Crippen MR) is 84.5 cm³/mol. The second kappa shape index (κ2) is 5.91. The Hall–Kier alpha value is -1.16. The number of aliphatic hydroxyl groups is 1. The summed E-state index contributed by atoms with van der Waals surface area (Å²) in [5, 5.41) is 10.4. The van der Waals surface area contributed by atoms with Gasteiger partial charge in [0.05, 0.1) is 6.10 Å². The number of anilines is 1. The fourth-order valence-electron chi connectivity index (χ4n) is 4.06. The van der Waals surface area contributed by atoms with Gasteiger partial charge >= 0.3 is 0 Å². The van der Waals surface area contributed by atoms with E-state index >= 15 is 0 Å². The first-order chi connectivity index (χ1) is 10.1. The summed E-state index contributed by atoms with van der Waals surface area (Å²) in [5.74, 6) is 2.02. The van der Waals surface area contributed by atoms with Crippen molar-refractivity contribution in [2.75, 3.05) is 18.0 Å². The molecule has 4 nitrogen and oxygen atoms in total. The molecule has 1 N–H and O–H groups in total. The maximum Gasteiger partial charge on any atom is 0.132 e. The van der Waals surface area contributed by atoms with E-state index in [9.17, 15) is 5.11 Å². The zero-order valence-corrected chi connectivity index (χ0v) is 13.3. The number of piperidine rings is 1. The molecule has 0 bridgehead atoms. The molecule has 1 aromatic rings. The van der Waals surface area contributed by atoms with Crippen molar-refractivity contribution in [3.8, 4) is 0 Å². The first kappa shape index (κ1) is 14.8. The Labute approximate surface area is 127 Å². The van der Waals surface area contributed by atoms with Gasteiger partial charge in [-0.1, -0.05) is 13.3 Å². The third kappa shape index (κ3) is 2.91. The summed E-state index contributed by atoms with van der Waals surface area (Å²) in [6.07, 6.45) is 7.51. The van der Waals surface area contributed by atoms with Gasteiger partial charge in [0.25, 0.3) is 0 Å². The predicted octanol–water partition coefficient (Wildman–Crippen LogP) is 2.87. The highest BCUT2D eigenvalue weighted by Gasteiger charge is 2.44. The van der Waals surface area contributed by atoms with Crippen molar-refractivity contribution < 1.29 is 5.11 Å². The number of aromatic nitrogens is 2. The van der Waals surface area contributed by atoms with E-state index in [4.69, 9.17) is 4.98 Å². The van der Waals surface area contributed by atoms with Crippen LogP contribution < -0.4 is 4.90 Å². The van der Waals surface area contributed by atoms with Gasteiger partial charge < -0.3 is 10.0 Å². The molecule has 1 aromatic heterocycles. The molecule has 0 radical (unpaired) electrons. The molecule has 0 aromatic carbocycles. The molecule has 2 aliphatic rings. The molecule has 1 spiro atoms. The summed E-state index contributed by atoms with van der Waals surface area (Å²) in [6.45, 7) is 6.22. The van der Waals surface area contributed by atoms with Crippen LogP contribution in [0.5, 0.6) is 0 Å². The molecular weight excluding hydrogens is 262 g/mol. The van der Waals surface area contributed by atoms with Crippen LogP contribution in [0.4, 0.5) is 5.82 Å². The number of aliphatic hydroxyl groups excluding tert-OH is 1. The Morgan fingerprint density at radius 3 is 2.86 bits per heavy atom. The maximum absolute atomic E-state index is 10.4. The summed E-state index contributed by atoms with van der Waals surface area (Å²) in [7, 11) is 0. The van der Waals surface area contributed by atoms with Gasteiger partial charge in [-0.15, -0.1) is 0 Å². The van der Waals surface area contributed by atoms with Gasteiger partial charge in [0.1, 0.15) is 11.6 Å². The van der Waals surface area contributed by atoms with Crippen molar-refractivity contribution in [2.24, 2.45) is 5.41 Å². The van der Waals surface area contributed by atoms with E-state index in [0.29, 0.717) is 0 Å². The van der Waals surface area contributed by atoms with E-state index in [1.165, 1.54) is 6.42 Å². The van der Waals surface area contributed by atoms with Crippen molar-refractivity contribution >= 4 is 5.82 Å². The lowest BCUT2D eigenvalue weighted by molar-refractivity contribution is 0.0407. The molecule has 1 saturated carbocycles. The van der Waals surface area contributed by atoms with Crippen molar-refractivity contribution in [3.63, 3.8) is 0 Å². The second-order valence-electron chi connectivity index (χ2n) is 6.83. The summed E-state index contributed by atoms with van der Waals surface area (Å²) in [5.41, 5.74) is 1.16. The zero-order chi connectivity index (χ0) is 14.9. The minimum Gasteiger partial charge on any atom is -0.392 e. The van der Waals surface area contributed by atoms with Gasteiger partial charge in [0.15, 0.2) is 0 Å². The molecule has 116 valence electrons. The number of hydrogen-bond acceptors (Lipinski definition) is 4. The molecule has 0 unspecified atom stereocenters. The van der Waals surface area contributed by atoms with Crippen LogP contribution >= 0.6 is 0 Å². The largest absolute Gasteiger partial charge is 0.392 e. The molecule has 0 amide bonds. The molecule has 1 saturated heterocycles. The number of aryl methyl sites for hydroxylation is 2. The van der Waals surface area contributed by atoms with Crippen LogP contribution in [0, 0.1) is 12.3 Å². The van der Waals surface area contributed by atoms with Crippen molar-refractivity contribution in [1.29, 1.82) is 0 Å². The van der Waals surface area contributed by atoms with Gasteiger partial charge in [-0.2, -0.15) is 0 Å². The molecule has 4 heteroatoms. The highest BCUT2D eigenvalue weighted by atomic mass is 16.3. The number of hydrogen-bond donors (Lipinski definition) is 1. The van der Waals surface area contributed by atoms with Crippen LogP contribution in [0.3, 0.4) is 0 Å². The van der Waals surface area contributed by atoms with Gasteiger partial charge in [-0.25, -0.2) is 9.97 Å². The molecular formula is C17H27N3O. The van der Waals surface area contributed by atoms with Gasteiger partial charge in [-0.05, 0) is 39.0 Å². The van der Waals surface area contributed by atoms with E-state index < -0.39 is 0 Å². The van der Waals surface area contributed by atoms with E-state index in [1.54, 1.807) is 0 Å². The van der Waals surface area contributed by atoms with Crippen molar-refractivity contribution in [1.82, 2.24) is 9.97 Å². The standard InChI is InChI=1S/C17H27N3O/c1-3-6-15-18-13(2)11-16(19-15)20-10-5-9-17(12-20)8-4-7-14(17)21/h11,14,21H,3-10,12H2,1-2H3/t14-,17+/m1/s1. The van der Waals surface area contributed by atoms with Crippen LogP contribution in [0.25, 0.3) is 0 Å². The lowest BCUT2D eigenvalue weighted by Gasteiger charge is -2.43. The third-order valence-corrected chi connectivity index (χ3v) is 5.15. The van der Waals surface area contributed by atoms with Gasteiger partial charge in [0, 0.05) is 36.7 Å². The number of nitrogens with zero attached hydrogens (tertiary/aromatic N) is 3. The minimum atomic E-state index is -0.127. The van der Waals surface area contributed by atoms with Crippen LogP contribution in [-0.4, -0.2) is 34.3 Å². The molecule has 2 heterocycles. The van der Waals surface area contributed by atoms with Crippen LogP contribution in [0.2, 0.25) is 0 Å². The smallest absolute Gasteiger partial charge is 0.132 e. The highest BCUT2D eigenvalue weighted by molar-refractivity contribution is 5.41. The fourth-order valence-corrected chi connectivity index (χ4v) is 4.06. The van der Waals surface area contributed by atoms with E-state index in [-0.39, 0.29) is 11.5 Å². The lowest BCUT2D eigenvalue weighted by Crippen LogP contribution is -2.47. The van der Waals surface area contributed by atoms with Crippen molar-refractivity contribution in [3.05, 3.63) is 17.6 Å². The lowest BCUT2D eigenvalue weighted by atomic mass is 9.76. The highest BCUT2D eigenvalue weighted by Crippen LogP contribution is 2.45. The first-order valence-corrected chi connectivity index (χ1v) is 8.40. The van der Waals surface area contributed by atoms with Crippen LogP contribution in [0.1, 0.15) is 57.0 Å². The third-order valence-electron chi connectivity index (χ3n) is 5.15. The SMILES string of the molecule is CCCc1nc(C)cc(N2CCC[C@@]3(CCC[C@H]3O)C2)n1. The molecule has 1 aliphatic carbocycles. The van der Waals surface area contributed by atoms with Crippen LogP contribution in [0.15, 0.2) is 6.07 Å². The Bertz CT molecular complexity index is 505. The maximum atomic E-state index is 10.4. The minimum absolute atomic E-state index is 0.113. The zero-order valence-electron chi connectivity index (χ0n) is 13.3. The summed E-state index contributed by atoms with van der Waals surface area (Å²) >= 11 is 0. The quantitative estimate of drug-likeness (QED) is 0.929. The Morgan fingerprint density at radius 2 is 2.14 bits per heavy atom. The number of rotatable bonds is 3. The first-order valence-electron chi connectivity index (χ1n) is 8.40. The average molecular weight is 289 g/mol. The summed E-state index contributed by atoms with van der Waals surface area (Å²) in [4.78, 5) is 11.7. The van der Waals surface area contributed by atoms with E-state index in [0.717, 1.165) is 69.0 Å². The topological polar surface area (TPSA) is 49.2 Å². The average Bonchev–Trinajstić information content (AvgIpc) is 2.79. The Balaban J connectivity index is 1.83. The summed E-state index contributed by atoms with van der Waals surface area (Å²) < 4.78 is 0. The van der Waals surface area contributed by atoms with Crippen molar-refractivity contribution in [2.45, 2.75) is 64.9 Å². The normalized spacial score (nSPS) is 29.3. The molecule has 3 rings (SSSR count). The Kier molecular flexibility index (Phi) is 4.16. The molecule has 2 fully saturated rings.